The molecule has 6 saturated heterocycles. The van der Waals surface area contributed by atoms with Crippen molar-refractivity contribution in [3.63, 3.8) is 0 Å². The van der Waals surface area contributed by atoms with Gasteiger partial charge in [-0.2, -0.15) is 0 Å². The van der Waals surface area contributed by atoms with Gasteiger partial charge >= 0.3 is 12.1 Å². The first-order valence-electron chi connectivity index (χ1n) is 38.3. The minimum absolute atomic E-state index is 0.0393. The molecule has 0 saturated carbocycles. The first-order valence-corrected chi connectivity index (χ1v) is 39.4. The maximum Gasteiger partial charge on any atom is 0.508 e. The second kappa shape index (κ2) is 39.8. The summed E-state index contributed by atoms with van der Waals surface area (Å²) in [6.07, 6.45) is -16.8. The number of carbonyl (C=O) groups is 2. The molecule has 4 aromatic carbocycles. The first-order chi connectivity index (χ1) is 50.8. The number of esters is 1. The van der Waals surface area contributed by atoms with Crippen LogP contribution in [-0.4, -0.2) is 171 Å². The molecule has 24 heteroatoms. The Morgan fingerprint density at radius 1 is 0.368 bits per heavy atom. The van der Waals surface area contributed by atoms with Gasteiger partial charge in [-0.1, -0.05) is 246 Å². The minimum atomic E-state index is -1.90. The van der Waals surface area contributed by atoms with E-state index in [0.29, 0.717) is 45.7 Å². The Morgan fingerprint density at radius 3 is 1.26 bits per heavy atom. The summed E-state index contributed by atoms with van der Waals surface area (Å²) in [6, 6.07) is 39.5. The van der Waals surface area contributed by atoms with Gasteiger partial charge in [-0.05, 0) is 77.0 Å². The molecule has 0 spiro atoms. The van der Waals surface area contributed by atoms with Crippen molar-refractivity contribution >= 4 is 46.9 Å². The topological polar surface area (TPSA) is 221 Å². The van der Waals surface area contributed by atoms with Gasteiger partial charge in [0, 0.05) is 30.6 Å². The van der Waals surface area contributed by atoms with Crippen molar-refractivity contribution in [2.75, 3.05) is 26.4 Å². The number of aliphatic hydroxyl groups is 1. The van der Waals surface area contributed by atoms with E-state index in [2.05, 4.69) is 62.3 Å². The van der Waals surface area contributed by atoms with Crippen LogP contribution >= 0.6 is 34.8 Å². The zero-order valence-electron chi connectivity index (χ0n) is 63.9. The molecule has 0 radical (unpaired) electrons. The second-order valence-electron chi connectivity index (χ2n) is 30.2. The van der Waals surface area contributed by atoms with Crippen LogP contribution in [0.2, 0.25) is 0 Å². The highest BCUT2D eigenvalue weighted by molar-refractivity contribution is 6.67. The molecule has 30 atom stereocenters. The zero-order chi connectivity index (χ0) is 75.9. The monoisotopic (exact) mass is 1540 g/mol. The number of halogens is 3. The number of rotatable bonds is 31. The summed E-state index contributed by atoms with van der Waals surface area (Å²) in [6.45, 7) is 28.8. The molecule has 0 aliphatic carbocycles. The zero-order valence-corrected chi connectivity index (χ0v) is 66.2. The number of carbonyl (C=O) groups excluding carboxylic acids is 2. The molecule has 6 heterocycles. The van der Waals surface area contributed by atoms with Gasteiger partial charge in [0.25, 0.3) is 0 Å². The number of hydrogen-bond donors (Lipinski definition) is 1. The predicted octanol–water partition coefficient (Wildman–Crippen LogP) is 14.9. The smallest absolute Gasteiger partial charge is 0.457 e. The normalized spacial score (nSPS) is 37.9. The van der Waals surface area contributed by atoms with Gasteiger partial charge in [0.15, 0.2) is 49.9 Å². The molecule has 0 aromatic heterocycles. The Hall–Kier alpha value is -4.15. The third-order valence-corrected chi connectivity index (χ3v) is 23.4. The maximum atomic E-state index is 13.5. The molecular formula is C82H115Cl3O21. The van der Waals surface area contributed by atoms with Gasteiger partial charge < -0.3 is 90.4 Å². The molecule has 0 amide bonds. The summed E-state index contributed by atoms with van der Waals surface area (Å²) < 4.78 is 120. The van der Waals surface area contributed by atoms with Crippen molar-refractivity contribution in [1.29, 1.82) is 0 Å². The van der Waals surface area contributed by atoms with Crippen LogP contribution in [0, 0.1) is 59.2 Å². The summed E-state index contributed by atoms with van der Waals surface area (Å²) in [4.78, 5) is 26.3. The quantitative estimate of drug-likeness (QED) is 0.0365. The molecule has 4 aromatic rings. The molecule has 21 nitrogen and oxygen atoms in total. The lowest BCUT2D eigenvalue weighted by atomic mass is 9.81. The number of alkyl halides is 3. The van der Waals surface area contributed by atoms with Crippen molar-refractivity contribution in [3.05, 3.63) is 144 Å². The SMILES string of the molecule is CCC1O[C@H](OCC2O[C@@H](O[C@@H]3C(COCc4ccccc4)O[C@@H](OCc4ccccc4)[C@@H](C)C3C)[C@H](OCc3ccccc3)C(O[C@@H]3OC(CC)[C@H](C)[C@@H](C)C3O[C@@H]3OC(CC)[C@@H](O[C@@H]4OC(COCc5ccccc5)[C@H](C)C(C)[C@@H]4OC(C)=O)C(C)[C@@H]3C)[C@@H]2O)[C@H](OC(=O)OCC(Cl)(Cl)Cl)C(C)[C@@H]1C. The van der Waals surface area contributed by atoms with E-state index in [4.69, 9.17) is 120 Å². The largest absolute Gasteiger partial charge is 0.508 e. The van der Waals surface area contributed by atoms with Crippen LogP contribution in [0.3, 0.4) is 0 Å². The lowest BCUT2D eigenvalue weighted by molar-refractivity contribution is -0.393. The van der Waals surface area contributed by atoms with E-state index >= 15 is 0 Å². The van der Waals surface area contributed by atoms with Crippen LogP contribution < -0.4 is 0 Å². The van der Waals surface area contributed by atoms with Gasteiger partial charge in [0.1, 0.15) is 43.2 Å². The molecule has 6 fully saturated rings. The summed E-state index contributed by atoms with van der Waals surface area (Å²) in [5.41, 5.74) is 3.84. The highest BCUT2D eigenvalue weighted by Crippen LogP contribution is 2.46. The Balaban J connectivity index is 0.974. The van der Waals surface area contributed by atoms with Gasteiger partial charge in [-0.3, -0.25) is 4.79 Å². The molecule has 106 heavy (non-hydrogen) atoms. The highest BCUT2D eigenvalue weighted by atomic mass is 35.6. The van der Waals surface area contributed by atoms with Crippen molar-refractivity contribution < 1.29 is 100.0 Å². The van der Waals surface area contributed by atoms with Crippen LogP contribution in [0.1, 0.15) is 138 Å². The van der Waals surface area contributed by atoms with E-state index < -0.39 is 127 Å². The second-order valence-corrected chi connectivity index (χ2v) is 32.7. The van der Waals surface area contributed by atoms with Crippen LogP contribution in [-0.2, 0) is 116 Å². The Bertz CT molecular complexity index is 3240. The van der Waals surface area contributed by atoms with E-state index in [1.165, 1.54) is 6.92 Å². The number of aliphatic hydroxyl groups excluding tert-OH is 1. The molecule has 0 bridgehead atoms. The lowest BCUT2D eigenvalue weighted by Crippen LogP contribution is -2.65. The average Bonchev–Trinajstić information content (AvgIpc) is 0.765. The van der Waals surface area contributed by atoms with Gasteiger partial charge in [0.05, 0.1) is 82.9 Å². The fourth-order valence-corrected chi connectivity index (χ4v) is 15.7. The van der Waals surface area contributed by atoms with Crippen molar-refractivity contribution in [2.45, 2.75) is 270 Å². The summed E-state index contributed by atoms with van der Waals surface area (Å²) >= 11 is 18.0. The average molecular weight is 1540 g/mol. The van der Waals surface area contributed by atoms with E-state index in [9.17, 15) is 14.7 Å². The highest BCUT2D eigenvalue weighted by Gasteiger charge is 2.57. The van der Waals surface area contributed by atoms with Crippen molar-refractivity contribution in [3.8, 4) is 0 Å². The van der Waals surface area contributed by atoms with Crippen LogP contribution in [0.5, 0.6) is 0 Å². The summed E-state index contributed by atoms with van der Waals surface area (Å²) in [7, 11) is 0. The summed E-state index contributed by atoms with van der Waals surface area (Å²) in [5.74, 6) is -2.32. The lowest BCUT2D eigenvalue weighted by Gasteiger charge is -2.52. The molecule has 6 aliphatic rings. The van der Waals surface area contributed by atoms with E-state index in [-0.39, 0.29) is 97.3 Å². The predicted molar refractivity (Wildman–Crippen MR) is 396 cm³/mol. The summed E-state index contributed by atoms with van der Waals surface area (Å²) in [5, 5.41) is 13.5. The molecule has 10 rings (SSSR count). The van der Waals surface area contributed by atoms with E-state index in [1.54, 1.807) is 0 Å². The maximum absolute atomic E-state index is 13.5. The van der Waals surface area contributed by atoms with Gasteiger partial charge in [-0.25, -0.2) is 4.79 Å². The molecule has 12 unspecified atom stereocenters. The first kappa shape index (κ1) is 84.3. The van der Waals surface area contributed by atoms with Gasteiger partial charge in [0.2, 0.25) is 3.79 Å². The van der Waals surface area contributed by atoms with Crippen molar-refractivity contribution in [1.82, 2.24) is 0 Å². The molecule has 1 N–H and O–H groups in total. The third-order valence-electron chi connectivity index (χ3n) is 23.1. The van der Waals surface area contributed by atoms with Crippen LogP contribution in [0.15, 0.2) is 121 Å². The number of hydrogen-bond acceptors (Lipinski definition) is 21. The third kappa shape index (κ3) is 21.9. The fraction of sp³-hybridized carbons (Fsp3) is 0.683. The molecule has 6 aliphatic heterocycles. The van der Waals surface area contributed by atoms with E-state index in [1.807, 2.05) is 149 Å². The van der Waals surface area contributed by atoms with Crippen molar-refractivity contribution in [2.24, 2.45) is 59.2 Å². The van der Waals surface area contributed by atoms with E-state index in [0.717, 1.165) is 22.3 Å². The fourth-order valence-electron chi connectivity index (χ4n) is 15.5. The Kier molecular flexibility index (Phi) is 31.7. The van der Waals surface area contributed by atoms with Gasteiger partial charge in [-0.15, -0.1) is 0 Å². The standard InChI is InChI=1S/C82H115Cl3O21/c1-15-61-46(4)49(7)70(106-81(88)94-45-82(83,84)85)77(96-61)93-44-65-67(87)73(74(91-40-59-34-26-20-27-35-59)80(100-65)103-69-52(10)54(12)75(92-41-60-36-28-21-29-37-60)101-66(69)43-90-39-58-32-24-19-25-33-58)105-79-72(50(8)47(5)62(16-2)97-79)104-76-55(13)53(11)68(63(17-3)98-76)102-78-71(95-56(14)86)51(9)48(6)64(99-78)42-89-38-57-30-22-18-23-31-57/h18-37,46-55,61-80,87H,15-17,38-45H2,1-14H3/t46-,47+,48+,49?,50+,51?,52?,53?,54-,55-,61?,62?,63?,64?,65?,66?,67+,68-,69-,70+,71-,72?,73?,74+,75+,76-,77-,78-,79-,80-/m0/s1. The minimum Gasteiger partial charge on any atom is -0.457 e. The Labute approximate surface area is 642 Å². The van der Waals surface area contributed by atoms with Crippen LogP contribution in [0.4, 0.5) is 4.79 Å². The molecular weight excluding hydrogens is 1430 g/mol. The van der Waals surface area contributed by atoms with Crippen LogP contribution in [0.25, 0.3) is 0 Å². The Morgan fingerprint density at radius 2 is 0.745 bits per heavy atom. The number of benzene rings is 4. The molecule has 590 valence electrons. The number of ether oxygens (including phenoxy) is 18.